The molecule has 1 saturated heterocycles. The number of rotatable bonds is 3. The first-order valence-corrected chi connectivity index (χ1v) is 7.36. The van der Waals surface area contributed by atoms with E-state index in [9.17, 15) is 9.59 Å². The van der Waals surface area contributed by atoms with Crippen molar-refractivity contribution in [2.24, 2.45) is 16.7 Å². The van der Waals surface area contributed by atoms with Crippen LogP contribution in [0.5, 0.6) is 0 Å². The zero-order valence-corrected chi connectivity index (χ0v) is 13.1. The predicted octanol–water partition coefficient (Wildman–Crippen LogP) is 1.29. The number of piperazine rings is 1. The van der Waals surface area contributed by atoms with Crippen molar-refractivity contribution in [2.75, 3.05) is 26.2 Å². The highest BCUT2D eigenvalue weighted by Crippen LogP contribution is 2.68. The van der Waals surface area contributed by atoms with E-state index in [-0.39, 0.29) is 22.7 Å². The van der Waals surface area contributed by atoms with E-state index in [1.807, 2.05) is 9.80 Å². The second-order valence-corrected chi connectivity index (χ2v) is 7.25. The van der Waals surface area contributed by atoms with Crippen molar-refractivity contribution >= 4 is 11.9 Å². The van der Waals surface area contributed by atoms with Crippen molar-refractivity contribution in [1.29, 1.82) is 0 Å². The molecule has 0 aromatic heterocycles. The Hall–Kier alpha value is -1.10. The lowest BCUT2D eigenvalue weighted by molar-refractivity contribution is -0.144. The van der Waals surface area contributed by atoms with Gasteiger partial charge in [0.2, 0.25) is 5.91 Å². The maximum Gasteiger partial charge on any atom is 0.320 e. The van der Waals surface area contributed by atoms with Crippen molar-refractivity contribution < 1.29 is 14.7 Å². The molecule has 0 radical (unpaired) electrons. The SMILES string of the molecule is CC(C(=O)O)N1CCN(C(=O)C2C(C)(C)C2(C)C)CC1. The Morgan fingerprint density at radius 3 is 1.85 bits per heavy atom. The van der Waals surface area contributed by atoms with Gasteiger partial charge in [-0.15, -0.1) is 0 Å². The van der Waals surface area contributed by atoms with Crippen LogP contribution in [0.25, 0.3) is 0 Å². The van der Waals surface area contributed by atoms with Crippen molar-refractivity contribution in [3.8, 4) is 0 Å². The molecule has 0 aromatic rings. The van der Waals surface area contributed by atoms with Gasteiger partial charge in [0, 0.05) is 32.1 Å². The summed E-state index contributed by atoms with van der Waals surface area (Å²) < 4.78 is 0. The third-order valence-electron chi connectivity index (χ3n) is 5.80. The Morgan fingerprint density at radius 1 is 1.05 bits per heavy atom. The summed E-state index contributed by atoms with van der Waals surface area (Å²) >= 11 is 0. The molecule has 1 N–H and O–H groups in total. The fourth-order valence-electron chi connectivity index (χ4n) is 3.48. The molecular weight excluding hydrogens is 256 g/mol. The van der Waals surface area contributed by atoms with Crippen LogP contribution in [0.15, 0.2) is 0 Å². The Balaban J connectivity index is 1.92. The van der Waals surface area contributed by atoms with Crippen LogP contribution in [0.4, 0.5) is 0 Å². The molecule has 2 aliphatic rings. The largest absolute Gasteiger partial charge is 0.480 e. The number of hydrogen-bond acceptors (Lipinski definition) is 3. The summed E-state index contributed by atoms with van der Waals surface area (Å²) in [4.78, 5) is 27.4. The minimum Gasteiger partial charge on any atom is -0.480 e. The van der Waals surface area contributed by atoms with Crippen LogP contribution in [0.2, 0.25) is 0 Å². The first kappa shape index (κ1) is 15.3. The number of aliphatic carboxylic acids is 1. The highest BCUT2D eigenvalue weighted by Gasteiger charge is 2.68. The zero-order chi connectivity index (χ0) is 15.3. The van der Waals surface area contributed by atoms with Crippen molar-refractivity contribution in [3.63, 3.8) is 0 Å². The average molecular weight is 282 g/mol. The maximum atomic E-state index is 12.6. The lowest BCUT2D eigenvalue weighted by atomic mass is 10.0. The standard InChI is InChI=1S/C15H26N2O3/c1-10(13(19)20)16-6-8-17(9-7-16)12(18)11-14(2,3)15(11,4)5/h10-11H,6-9H2,1-5H3,(H,19,20). The van der Waals surface area contributed by atoms with Crippen LogP contribution in [0.3, 0.4) is 0 Å². The Bertz CT molecular complexity index is 409. The second-order valence-electron chi connectivity index (χ2n) is 7.25. The molecule has 0 spiro atoms. The molecule has 1 aliphatic carbocycles. The summed E-state index contributed by atoms with van der Waals surface area (Å²) in [7, 11) is 0. The van der Waals surface area contributed by atoms with Crippen LogP contribution in [-0.2, 0) is 9.59 Å². The summed E-state index contributed by atoms with van der Waals surface area (Å²) in [6.07, 6.45) is 0. The number of hydrogen-bond donors (Lipinski definition) is 1. The van der Waals surface area contributed by atoms with Crippen LogP contribution >= 0.6 is 0 Å². The van der Waals surface area contributed by atoms with Gasteiger partial charge in [0.25, 0.3) is 0 Å². The van der Waals surface area contributed by atoms with E-state index in [1.165, 1.54) is 0 Å². The second kappa shape index (κ2) is 4.72. The van der Waals surface area contributed by atoms with Gasteiger partial charge in [0.15, 0.2) is 0 Å². The van der Waals surface area contributed by atoms with Gasteiger partial charge in [-0.3, -0.25) is 14.5 Å². The van der Waals surface area contributed by atoms with E-state index < -0.39 is 12.0 Å². The number of carbonyl (C=O) groups is 2. The smallest absolute Gasteiger partial charge is 0.320 e. The molecular formula is C15H26N2O3. The summed E-state index contributed by atoms with van der Waals surface area (Å²) in [5, 5.41) is 9.02. The molecule has 0 aromatic carbocycles. The molecule has 5 heteroatoms. The Kier molecular flexibility index (Phi) is 3.61. The molecule has 1 atom stereocenters. The van der Waals surface area contributed by atoms with Crippen molar-refractivity contribution in [1.82, 2.24) is 9.80 Å². The monoisotopic (exact) mass is 282 g/mol. The normalized spacial score (nSPS) is 27.1. The van der Waals surface area contributed by atoms with Crippen LogP contribution < -0.4 is 0 Å². The number of carboxylic acids is 1. The molecule has 114 valence electrons. The number of carboxylic acid groups (broad SMARTS) is 1. The maximum absolute atomic E-state index is 12.6. The highest BCUT2D eigenvalue weighted by atomic mass is 16.4. The van der Waals surface area contributed by atoms with Gasteiger partial charge in [0.1, 0.15) is 6.04 Å². The molecule has 2 fully saturated rings. The molecule has 0 bridgehead atoms. The summed E-state index contributed by atoms with van der Waals surface area (Å²) in [5.74, 6) is -0.463. The van der Waals surface area contributed by atoms with Gasteiger partial charge in [-0.2, -0.15) is 0 Å². The van der Waals surface area contributed by atoms with Gasteiger partial charge in [-0.1, -0.05) is 27.7 Å². The summed E-state index contributed by atoms with van der Waals surface area (Å²) in [5.41, 5.74) is 0.130. The van der Waals surface area contributed by atoms with Crippen LogP contribution in [-0.4, -0.2) is 59.0 Å². The van der Waals surface area contributed by atoms with Gasteiger partial charge in [0.05, 0.1) is 0 Å². The Labute approximate surface area is 120 Å². The van der Waals surface area contributed by atoms with Crippen LogP contribution in [0, 0.1) is 16.7 Å². The first-order valence-electron chi connectivity index (χ1n) is 7.36. The summed E-state index contributed by atoms with van der Waals surface area (Å²) in [6, 6.07) is -0.471. The lowest BCUT2D eigenvalue weighted by Crippen LogP contribution is -2.53. The first-order chi connectivity index (χ1) is 9.10. The van der Waals surface area contributed by atoms with Crippen LogP contribution in [0.1, 0.15) is 34.6 Å². The van der Waals surface area contributed by atoms with Gasteiger partial charge < -0.3 is 10.0 Å². The number of nitrogens with zero attached hydrogens (tertiary/aromatic N) is 2. The van der Waals surface area contributed by atoms with E-state index in [0.717, 1.165) is 0 Å². The molecule has 5 nitrogen and oxygen atoms in total. The summed E-state index contributed by atoms with van der Waals surface area (Å²) in [6.45, 7) is 12.9. The number of carbonyl (C=O) groups excluding carboxylic acids is 1. The third kappa shape index (κ3) is 2.22. The molecule has 1 amide bonds. The lowest BCUT2D eigenvalue weighted by Gasteiger charge is -2.37. The minimum absolute atomic E-state index is 0.0651. The van der Waals surface area contributed by atoms with E-state index in [4.69, 9.17) is 5.11 Å². The van der Waals surface area contributed by atoms with E-state index in [2.05, 4.69) is 27.7 Å². The van der Waals surface area contributed by atoms with Crippen molar-refractivity contribution in [2.45, 2.75) is 40.7 Å². The molecule has 1 aliphatic heterocycles. The molecule has 20 heavy (non-hydrogen) atoms. The van der Waals surface area contributed by atoms with Gasteiger partial charge >= 0.3 is 5.97 Å². The fourth-order valence-corrected chi connectivity index (χ4v) is 3.48. The average Bonchev–Trinajstić information content (AvgIpc) is 2.78. The Morgan fingerprint density at radius 2 is 1.50 bits per heavy atom. The van der Waals surface area contributed by atoms with Gasteiger partial charge in [-0.25, -0.2) is 0 Å². The molecule has 1 unspecified atom stereocenters. The fraction of sp³-hybridized carbons (Fsp3) is 0.867. The third-order valence-corrected chi connectivity index (χ3v) is 5.80. The van der Waals surface area contributed by atoms with Crippen molar-refractivity contribution in [3.05, 3.63) is 0 Å². The van der Waals surface area contributed by atoms with E-state index in [1.54, 1.807) is 6.92 Å². The molecule has 1 heterocycles. The van der Waals surface area contributed by atoms with E-state index in [0.29, 0.717) is 26.2 Å². The van der Waals surface area contributed by atoms with Gasteiger partial charge in [-0.05, 0) is 17.8 Å². The molecule has 1 saturated carbocycles. The highest BCUT2D eigenvalue weighted by molar-refractivity contribution is 5.84. The topological polar surface area (TPSA) is 60.9 Å². The minimum atomic E-state index is -0.797. The predicted molar refractivity (Wildman–Crippen MR) is 76.3 cm³/mol. The quantitative estimate of drug-likeness (QED) is 0.847. The number of amides is 1. The van der Waals surface area contributed by atoms with E-state index >= 15 is 0 Å². The molecule has 2 rings (SSSR count). The zero-order valence-electron chi connectivity index (χ0n) is 13.1.